The van der Waals surface area contributed by atoms with Crippen LogP contribution < -0.4 is 29.6 Å². The summed E-state index contributed by atoms with van der Waals surface area (Å²) in [6, 6.07) is 0. The molecule has 1 radical (unpaired) electrons. The Kier molecular flexibility index (Phi) is 18.1. The van der Waals surface area contributed by atoms with Crippen molar-refractivity contribution in [2.24, 2.45) is 0 Å². The molecule has 6 heteroatoms. The van der Waals surface area contributed by atoms with Gasteiger partial charge in [-0.25, -0.2) is 0 Å². The van der Waals surface area contributed by atoms with Gasteiger partial charge >= 0.3 is 45.4 Å². The standard InChI is InChI=1S/2C2H5O2.Al.Na.H/c2*1-4-2-3;;;/h2*2H2,1H3;;;/q2*-1;+2;+1;-1. The van der Waals surface area contributed by atoms with Gasteiger partial charge in [-0.3, -0.25) is 0 Å². The van der Waals surface area contributed by atoms with Gasteiger partial charge in [0.15, 0.2) is 0 Å². The predicted molar refractivity (Wildman–Crippen MR) is 32.8 cm³/mol. The first kappa shape index (κ1) is 13.9. The van der Waals surface area contributed by atoms with Crippen LogP contribution in [0.15, 0.2) is 0 Å². The Morgan fingerprint density at radius 1 is 1.10 bits per heavy atom. The number of rotatable bonds is 6. The third-order valence-corrected chi connectivity index (χ3v) is 1.05. The van der Waals surface area contributed by atoms with E-state index in [0.29, 0.717) is 13.6 Å². The van der Waals surface area contributed by atoms with Gasteiger partial charge in [-0.15, -0.1) is 0 Å². The monoisotopic (exact) mass is 173 g/mol. The van der Waals surface area contributed by atoms with E-state index >= 15 is 0 Å². The van der Waals surface area contributed by atoms with Crippen LogP contribution in [0.1, 0.15) is 1.43 Å². The zero-order valence-corrected chi connectivity index (χ0v) is 9.78. The molecule has 55 valence electrons. The number of methoxy groups -OCH3 is 2. The van der Waals surface area contributed by atoms with Gasteiger partial charge in [0, 0.05) is 14.2 Å². The summed E-state index contributed by atoms with van der Waals surface area (Å²) in [5.74, 6) is 0. The molecular weight excluding hydrogens is 162 g/mol. The molecule has 0 atom stereocenters. The second-order valence-electron chi connectivity index (χ2n) is 1.24. The minimum absolute atomic E-state index is 0. The van der Waals surface area contributed by atoms with Crippen LogP contribution in [0.3, 0.4) is 0 Å². The van der Waals surface area contributed by atoms with Crippen LogP contribution >= 0.6 is 0 Å². The number of hydrogen-bond donors (Lipinski definition) is 0. The van der Waals surface area contributed by atoms with Crippen molar-refractivity contribution in [2.45, 2.75) is 0 Å². The third-order valence-electron chi connectivity index (χ3n) is 0.508. The van der Waals surface area contributed by atoms with Crippen LogP contribution in [0, 0.1) is 0 Å². The van der Waals surface area contributed by atoms with E-state index < -0.39 is 15.9 Å². The molecule has 0 amide bonds. The predicted octanol–water partition coefficient (Wildman–Crippen LogP) is -3.12. The minimum Gasteiger partial charge on any atom is -1.00 e. The molecule has 0 aliphatic heterocycles. The largest absolute Gasteiger partial charge is 1.00 e. The maximum Gasteiger partial charge on any atom is 1.00 e. The van der Waals surface area contributed by atoms with Gasteiger partial charge in [-0.2, -0.15) is 0 Å². The Hall–Kier alpha value is 1.37. The molecule has 4 nitrogen and oxygen atoms in total. The van der Waals surface area contributed by atoms with Crippen molar-refractivity contribution >= 4 is 15.9 Å². The summed E-state index contributed by atoms with van der Waals surface area (Å²) in [5, 5.41) is 0. The Morgan fingerprint density at radius 3 is 1.80 bits per heavy atom. The Balaban J connectivity index is -0.000000320. The fraction of sp³-hybridized carbons (Fsp3) is 1.00. The second kappa shape index (κ2) is 13.0. The summed E-state index contributed by atoms with van der Waals surface area (Å²) < 4.78 is 18.9. The molecule has 0 fully saturated rings. The van der Waals surface area contributed by atoms with E-state index in [0.717, 1.165) is 0 Å². The molecule has 0 saturated carbocycles. The van der Waals surface area contributed by atoms with Gasteiger partial charge in [-0.1, -0.05) is 0 Å². The van der Waals surface area contributed by atoms with Gasteiger partial charge in [0.2, 0.25) is 0 Å². The zero-order chi connectivity index (χ0) is 6.95. The van der Waals surface area contributed by atoms with Gasteiger partial charge in [0.25, 0.3) is 0 Å². The minimum atomic E-state index is -0.432. The van der Waals surface area contributed by atoms with Crippen molar-refractivity contribution in [3.63, 3.8) is 0 Å². The molecule has 0 saturated heterocycles. The smallest absolute Gasteiger partial charge is 1.00 e. The average molecular weight is 173 g/mol. The topological polar surface area (TPSA) is 36.9 Å². The summed E-state index contributed by atoms with van der Waals surface area (Å²) in [7, 11) is 3.13. The van der Waals surface area contributed by atoms with E-state index in [1.807, 2.05) is 0 Å². The molecule has 0 aliphatic rings. The molecule has 0 heterocycles. The SMILES string of the molecule is COC[O][Al][O]COC.[H-].[Na+]. The van der Waals surface area contributed by atoms with E-state index in [1.165, 1.54) is 0 Å². The van der Waals surface area contributed by atoms with Crippen molar-refractivity contribution in [3.8, 4) is 0 Å². The first-order chi connectivity index (χ1) is 4.41. The molecule has 10 heavy (non-hydrogen) atoms. The fourth-order valence-corrected chi connectivity index (χ4v) is 0.719. The molecule has 0 bridgehead atoms. The van der Waals surface area contributed by atoms with Gasteiger partial charge in [0.05, 0.1) is 0 Å². The van der Waals surface area contributed by atoms with Crippen molar-refractivity contribution < 1.29 is 48.0 Å². The molecule has 0 aromatic rings. The summed E-state index contributed by atoms with van der Waals surface area (Å²) >= 11 is -0.432. The van der Waals surface area contributed by atoms with E-state index in [4.69, 9.17) is 7.58 Å². The molecule has 0 aliphatic carbocycles. The van der Waals surface area contributed by atoms with E-state index in [2.05, 4.69) is 9.47 Å². The van der Waals surface area contributed by atoms with Crippen molar-refractivity contribution in [3.05, 3.63) is 0 Å². The second-order valence-corrected chi connectivity index (χ2v) is 2.10. The summed E-state index contributed by atoms with van der Waals surface area (Å²) in [6.07, 6.45) is 0. The molecule has 0 N–H and O–H groups in total. The summed E-state index contributed by atoms with van der Waals surface area (Å²) in [6.45, 7) is 0.581. The van der Waals surface area contributed by atoms with Gasteiger partial charge in [-0.05, 0) is 0 Å². The van der Waals surface area contributed by atoms with Gasteiger partial charge in [0.1, 0.15) is 13.6 Å². The summed E-state index contributed by atoms with van der Waals surface area (Å²) in [4.78, 5) is 0. The van der Waals surface area contributed by atoms with Crippen molar-refractivity contribution in [1.82, 2.24) is 0 Å². The first-order valence-corrected chi connectivity index (χ1v) is 3.39. The van der Waals surface area contributed by atoms with E-state index in [-0.39, 0.29) is 31.0 Å². The molecule has 0 aromatic heterocycles. The molecule has 0 aromatic carbocycles. The Bertz CT molecular complexity index is 55.4. The Labute approximate surface area is 91.3 Å². The van der Waals surface area contributed by atoms with Crippen LogP contribution in [0.25, 0.3) is 0 Å². The van der Waals surface area contributed by atoms with Crippen LogP contribution in [0.5, 0.6) is 0 Å². The zero-order valence-electron chi connectivity index (χ0n) is 7.62. The van der Waals surface area contributed by atoms with Crippen LogP contribution in [0.2, 0.25) is 0 Å². The quantitative estimate of drug-likeness (QED) is 0.242. The first-order valence-electron chi connectivity index (χ1n) is 2.44. The number of ether oxygens (including phenoxy) is 2. The normalized spacial score (nSPS) is 8.60. The maximum atomic E-state index is 4.84. The third kappa shape index (κ3) is 12.1. The molecule has 0 spiro atoms. The number of hydrogen-bond acceptors (Lipinski definition) is 4. The Morgan fingerprint density at radius 2 is 1.50 bits per heavy atom. The molecule has 0 unspecified atom stereocenters. The van der Waals surface area contributed by atoms with Gasteiger partial charge < -0.3 is 18.5 Å². The van der Waals surface area contributed by atoms with Crippen LogP contribution in [-0.4, -0.2) is 43.7 Å². The summed E-state index contributed by atoms with van der Waals surface area (Å²) in [5.41, 5.74) is 0. The van der Waals surface area contributed by atoms with Crippen molar-refractivity contribution in [1.29, 1.82) is 0 Å². The van der Waals surface area contributed by atoms with Crippen molar-refractivity contribution in [2.75, 3.05) is 27.8 Å². The molecular formula is C4H11AlNaO4. The van der Waals surface area contributed by atoms with Crippen LogP contribution in [-0.2, 0) is 17.1 Å². The van der Waals surface area contributed by atoms with Crippen LogP contribution in [0.4, 0.5) is 0 Å². The average Bonchev–Trinajstić information content (AvgIpc) is 1.89. The fourth-order valence-electron chi connectivity index (χ4n) is 0.240. The maximum absolute atomic E-state index is 4.84. The van der Waals surface area contributed by atoms with E-state index in [9.17, 15) is 0 Å². The molecule has 0 rings (SSSR count). The van der Waals surface area contributed by atoms with E-state index in [1.54, 1.807) is 14.2 Å².